The van der Waals surface area contributed by atoms with Crippen molar-refractivity contribution < 1.29 is 9.53 Å². The van der Waals surface area contributed by atoms with E-state index in [9.17, 15) is 9.59 Å². The fourth-order valence-electron chi connectivity index (χ4n) is 2.12. The van der Waals surface area contributed by atoms with Crippen molar-refractivity contribution in [3.05, 3.63) is 28.7 Å². The fourth-order valence-corrected chi connectivity index (χ4v) is 2.94. The van der Waals surface area contributed by atoms with E-state index < -0.39 is 0 Å². The van der Waals surface area contributed by atoms with E-state index in [1.807, 2.05) is 6.92 Å². The summed E-state index contributed by atoms with van der Waals surface area (Å²) in [4.78, 5) is 33.4. The van der Waals surface area contributed by atoms with E-state index >= 15 is 0 Å². The SMILES string of the molecule is COCCn1c(SCC(=O)NC(C)C(C)C)nc2ncccc2c1=O. The Morgan fingerprint density at radius 2 is 2.16 bits per heavy atom. The molecule has 2 rings (SSSR count). The van der Waals surface area contributed by atoms with Gasteiger partial charge in [-0.3, -0.25) is 14.2 Å². The van der Waals surface area contributed by atoms with E-state index in [1.165, 1.54) is 16.3 Å². The van der Waals surface area contributed by atoms with E-state index in [0.29, 0.717) is 35.3 Å². The lowest BCUT2D eigenvalue weighted by Gasteiger charge is -2.17. The molecule has 1 amide bonds. The van der Waals surface area contributed by atoms with Crippen LogP contribution in [0.4, 0.5) is 0 Å². The number of aromatic nitrogens is 3. The van der Waals surface area contributed by atoms with Crippen molar-refractivity contribution in [2.24, 2.45) is 5.92 Å². The number of nitrogens with zero attached hydrogens (tertiary/aromatic N) is 3. The molecule has 1 atom stereocenters. The van der Waals surface area contributed by atoms with E-state index in [1.54, 1.807) is 25.4 Å². The third-order valence-corrected chi connectivity index (χ3v) is 4.91. The van der Waals surface area contributed by atoms with Crippen molar-refractivity contribution in [1.29, 1.82) is 0 Å². The first-order valence-electron chi connectivity index (χ1n) is 8.20. The normalized spacial score (nSPS) is 12.5. The van der Waals surface area contributed by atoms with Crippen molar-refractivity contribution in [2.75, 3.05) is 19.5 Å². The first-order chi connectivity index (χ1) is 11.9. The molecule has 0 radical (unpaired) electrons. The second kappa shape index (κ2) is 8.96. The summed E-state index contributed by atoms with van der Waals surface area (Å²) in [5.74, 6) is 0.464. The predicted molar refractivity (Wildman–Crippen MR) is 98.8 cm³/mol. The second-order valence-corrected chi connectivity index (χ2v) is 7.05. The number of carbonyl (C=O) groups is 1. The Balaban J connectivity index is 2.23. The number of rotatable bonds is 8. The van der Waals surface area contributed by atoms with Gasteiger partial charge in [-0.2, -0.15) is 0 Å². The quantitative estimate of drug-likeness (QED) is 0.567. The Labute approximate surface area is 151 Å². The van der Waals surface area contributed by atoms with Crippen LogP contribution in [0.3, 0.4) is 0 Å². The van der Waals surface area contributed by atoms with Crippen LogP contribution in [-0.4, -0.2) is 46.0 Å². The summed E-state index contributed by atoms with van der Waals surface area (Å²) in [5.41, 5.74) is 0.216. The van der Waals surface area contributed by atoms with Gasteiger partial charge in [0, 0.05) is 19.3 Å². The minimum atomic E-state index is -0.173. The van der Waals surface area contributed by atoms with Gasteiger partial charge in [-0.25, -0.2) is 9.97 Å². The summed E-state index contributed by atoms with van der Waals surface area (Å²) < 4.78 is 6.62. The minimum Gasteiger partial charge on any atom is -0.383 e. The maximum Gasteiger partial charge on any atom is 0.263 e. The Kier molecular flexibility index (Phi) is 6.95. The van der Waals surface area contributed by atoms with E-state index in [0.717, 1.165) is 0 Å². The molecule has 0 aliphatic rings. The molecule has 0 spiro atoms. The van der Waals surface area contributed by atoms with Gasteiger partial charge in [0.05, 0.1) is 24.3 Å². The molecule has 0 fully saturated rings. The van der Waals surface area contributed by atoms with Crippen LogP contribution in [0.2, 0.25) is 0 Å². The number of nitrogens with one attached hydrogen (secondary N) is 1. The second-order valence-electron chi connectivity index (χ2n) is 6.11. The first-order valence-corrected chi connectivity index (χ1v) is 9.19. The van der Waals surface area contributed by atoms with Gasteiger partial charge in [0.2, 0.25) is 5.91 Å². The summed E-state index contributed by atoms with van der Waals surface area (Å²) in [5, 5.41) is 3.88. The van der Waals surface area contributed by atoms with Crippen LogP contribution in [-0.2, 0) is 16.1 Å². The van der Waals surface area contributed by atoms with E-state index in [2.05, 4.69) is 29.1 Å². The van der Waals surface area contributed by atoms with Crippen LogP contribution in [0.1, 0.15) is 20.8 Å². The number of carbonyl (C=O) groups excluding carboxylic acids is 1. The number of fused-ring (bicyclic) bond motifs is 1. The van der Waals surface area contributed by atoms with Crippen LogP contribution in [0.5, 0.6) is 0 Å². The number of hydrogen-bond acceptors (Lipinski definition) is 6. The molecular weight excluding hydrogens is 340 g/mol. The molecule has 0 saturated carbocycles. The van der Waals surface area contributed by atoms with Crippen molar-refractivity contribution in [2.45, 2.75) is 38.5 Å². The summed E-state index contributed by atoms with van der Waals surface area (Å²) in [6.07, 6.45) is 1.60. The zero-order chi connectivity index (χ0) is 18.4. The van der Waals surface area contributed by atoms with Gasteiger partial charge >= 0.3 is 0 Å². The fraction of sp³-hybridized carbons (Fsp3) is 0.529. The van der Waals surface area contributed by atoms with E-state index in [4.69, 9.17) is 4.74 Å². The van der Waals surface area contributed by atoms with Crippen LogP contribution >= 0.6 is 11.8 Å². The molecule has 2 heterocycles. The lowest BCUT2D eigenvalue weighted by atomic mass is 10.1. The molecule has 7 nitrogen and oxygen atoms in total. The average molecular weight is 364 g/mol. The third kappa shape index (κ3) is 5.02. The van der Waals surface area contributed by atoms with Gasteiger partial charge in [0.15, 0.2) is 10.8 Å². The van der Waals surface area contributed by atoms with Crippen LogP contribution in [0, 0.1) is 5.92 Å². The van der Waals surface area contributed by atoms with Crippen LogP contribution < -0.4 is 10.9 Å². The first kappa shape index (κ1) is 19.4. The van der Waals surface area contributed by atoms with Crippen LogP contribution in [0.25, 0.3) is 11.0 Å². The Hall–Kier alpha value is -1.93. The lowest BCUT2D eigenvalue weighted by Crippen LogP contribution is -2.37. The van der Waals surface area contributed by atoms with Gasteiger partial charge in [-0.1, -0.05) is 25.6 Å². The molecule has 2 aromatic heterocycles. The molecule has 0 bridgehead atoms. The Bertz CT molecular complexity index is 791. The molecule has 0 aromatic carbocycles. The predicted octanol–water partition coefficient (Wildman–Crippen LogP) is 1.69. The number of thioether (sulfide) groups is 1. The summed E-state index contributed by atoms with van der Waals surface area (Å²) in [6.45, 7) is 6.84. The number of pyridine rings is 1. The maximum atomic E-state index is 12.7. The standard InChI is InChI=1S/C17H24N4O3S/c1-11(2)12(3)19-14(22)10-25-17-20-15-13(6-5-7-18-15)16(23)21(17)8-9-24-4/h5-7,11-12H,8-10H2,1-4H3,(H,19,22). The lowest BCUT2D eigenvalue weighted by molar-refractivity contribution is -0.119. The van der Waals surface area contributed by atoms with Gasteiger partial charge in [-0.15, -0.1) is 0 Å². The largest absolute Gasteiger partial charge is 0.383 e. The highest BCUT2D eigenvalue weighted by Gasteiger charge is 2.15. The van der Waals surface area contributed by atoms with Crippen molar-refractivity contribution in [1.82, 2.24) is 19.9 Å². The molecule has 2 aromatic rings. The molecule has 0 aliphatic carbocycles. The number of hydrogen-bond donors (Lipinski definition) is 1. The molecule has 136 valence electrons. The zero-order valence-electron chi connectivity index (χ0n) is 15.0. The van der Waals surface area contributed by atoms with Gasteiger partial charge in [0.25, 0.3) is 5.56 Å². The molecule has 1 N–H and O–H groups in total. The van der Waals surface area contributed by atoms with Crippen LogP contribution in [0.15, 0.2) is 28.3 Å². The van der Waals surface area contributed by atoms with E-state index in [-0.39, 0.29) is 23.3 Å². The Morgan fingerprint density at radius 3 is 2.84 bits per heavy atom. The molecule has 8 heteroatoms. The third-order valence-electron chi connectivity index (χ3n) is 3.93. The molecule has 0 saturated heterocycles. The van der Waals surface area contributed by atoms with Gasteiger partial charge < -0.3 is 10.1 Å². The smallest absolute Gasteiger partial charge is 0.263 e. The number of methoxy groups -OCH3 is 1. The van der Waals surface area contributed by atoms with Crippen molar-refractivity contribution in [3.8, 4) is 0 Å². The number of amides is 1. The average Bonchev–Trinajstić information content (AvgIpc) is 2.59. The molecule has 1 unspecified atom stereocenters. The summed E-state index contributed by atoms with van der Waals surface area (Å²) in [7, 11) is 1.58. The van der Waals surface area contributed by atoms with Crippen molar-refractivity contribution in [3.63, 3.8) is 0 Å². The molecular formula is C17H24N4O3S. The highest BCUT2D eigenvalue weighted by atomic mass is 32.2. The molecule has 25 heavy (non-hydrogen) atoms. The van der Waals surface area contributed by atoms with Gasteiger partial charge in [-0.05, 0) is 25.0 Å². The topological polar surface area (TPSA) is 86.1 Å². The highest BCUT2D eigenvalue weighted by molar-refractivity contribution is 7.99. The van der Waals surface area contributed by atoms with Crippen molar-refractivity contribution >= 4 is 28.7 Å². The van der Waals surface area contributed by atoms with Gasteiger partial charge in [0.1, 0.15) is 0 Å². The monoisotopic (exact) mass is 364 g/mol. The highest BCUT2D eigenvalue weighted by Crippen LogP contribution is 2.17. The number of ether oxygens (including phenoxy) is 1. The summed E-state index contributed by atoms with van der Waals surface area (Å²) >= 11 is 1.23. The maximum absolute atomic E-state index is 12.7. The zero-order valence-corrected chi connectivity index (χ0v) is 15.8. The minimum absolute atomic E-state index is 0.0835. The summed E-state index contributed by atoms with van der Waals surface area (Å²) in [6, 6.07) is 3.50. The molecule has 0 aliphatic heterocycles. The Morgan fingerprint density at radius 1 is 1.40 bits per heavy atom.